The molecule has 0 saturated heterocycles. The molecule has 20 aliphatic rings. The fraction of sp³-hybridized carbons (Fsp3) is 1.00. The minimum atomic E-state index is 1.13. The Bertz CT molecular complexity index is 1120. The molecule has 0 aliphatic heterocycles. The second kappa shape index (κ2) is 25.6. The van der Waals surface area contributed by atoms with Crippen LogP contribution in [0.1, 0.15) is 308 Å². The average Bonchev–Trinajstić information content (AvgIpc) is 4.22. The molecule has 378 valence electrons. The molecule has 0 heteroatoms. The minimum absolute atomic E-state index is 1.13. The van der Waals surface area contributed by atoms with Crippen LogP contribution in [0.3, 0.4) is 0 Å². The van der Waals surface area contributed by atoms with Crippen molar-refractivity contribution in [2.75, 3.05) is 0 Å². The SMILES string of the molecule is C1C2CC3CC1CC(C2)C3.C1CC2CC1C2.C1CC2CCC(C1)C2.C1CC2CCC(C1)C2.C1CC2CCC1C2.C1CC2CCC1CC2.C1CC2CCCC(C1)C2.C1CC2CCCC(C1)CC2. The van der Waals surface area contributed by atoms with Crippen molar-refractivity contribution in [1.29, 1.82) is 0 Å². The van der Waals surface area contributed by atoms with Gasteiger partial charge in [-0.05, 0) is 184 Å². The molecule has 18 bridgehead atoms. The van der Waals surface area contributed by atoms with E-state index in [0.29, 0.717) is 0 Å². The van der Waals surface area contributed by atoms with Gasteiger partial charge in [0.2, 0.25) is 0 Å². The molecule has 0 N–H and O–H groups in total. The normalized spacial score (nSPS) is 46.9. The zero-order valence-corrected chi connectivity index (χ0v) is 44.3. The molecule has 20 saturated carbocycles. The summed E-state index contributed by atoms with van der Waals surface area (Å²) in [5, 5.41) is 0. The van der Waals surface area contributed by atoms with Crippen LogP contribution >= 0.6 is 0 Å². The maximum Gasteiger partial charge on any atom is -0.0406 e. The van der Waals surface area contributed by atoms with Gasteiger partial charge in [-0.25, -0.2) is 0 Å². The van der Waals surface area contributed by atoms with E-state index in [1.54, 1.807) is 270 Å². The zero-order valence-electron chi connectivity index (χ0n) is 44.3. The summed E-state index contributed by atoms with van der Waals surface area (Å²) >= 11 is 0. The monoisotopic (exact) mass is 907 g/mol. The second-order valence-corrected chi connectivity index (χ2v) is 29.2. The fourth-order valence-electron chi connectivity index (χ4n) is 20.4. The van der Waals surface area contributed by atoms with Gasteiger partial charge in [0.25, 0.3) is 0 Å². The first-order chi connectivity index (χ1) is 32.5. The molecular weight excluding hydrogens is 793 g/mol. The van der Waals surface area contributed by atoms with Gasteiger partial charge in [0.05, 0.1) is 0 Å². The Morgan fingerprint density at radius 2 is 0.212 bits per heavy atom. The minimum Gasteiger partial charge on any atom is -0.0528 e. The lowest BCUT2D eigenvalue weighted by Gasteiger charge is -2.49. The van der Waals surface area contributed by atoms with Gasteiger partial charge in [0.15, 0.2) is 0 Å². The van der Waals surface area contributed by atoms with Gasteiger partial charge in [-0.1, -0.05) is 231 Å². The van der Waals surface area contributed by atoms with E-state index in [0.717, 1.165) is 59.2 Å². The van der Waals surface area contributed by atoms with Crippen molar-refractivity contribution in [2.45, 2.75) is 308 Å². The standard InChI is InChI=1S/C10H16.C10H18.C9H16.3C8H14.C7H12.C6H10/c1-7-2-9-4-8(1)5-10(3-7)6-9;1-3-9-5-2-6-10(4-1)8-7-9;1-3-8-5-2-6-9(4-1)7-8;1-2-8-5-3-7(1)4-6-8;2*1-2-7-4-5-8(3-1)6-7;1-2-7-4-3-6(1)5-7;1-2-6-3-5(1)4-6/h7-10H,1-6H2;9-10H,1-8H2;8-9H,1-7H2;3*7-8H,1-6H2;6-7H,1-5H2;5-6H,1-4H2. The van der Waals surface area contributed by atoms with Crippen molar-refractivity contribution in [1.82, 2.24) is 0 Å². The van der Waals surface area contributed by atoms with Crippen molar-refractivity contribution in [3.63, 3.8) is 0 Å². The maximum absolute atomic E-state index is 1.60. The van der Waals surface area contributed by atoms with Crippen molar-refractivity contribution in [3.8, 4) is 0 Å². The highest BCUT2D eigenvalue weighted by Crippen LogP contribution is 2.54. The highest BCUT2D eigenvalue weighted by molar-refractivity contribution is 4.93. The summed E-state index contributed by atoms with van der Waals surface area (Å²) in [4.78, 5) is 0. The van der Waals surface area contributed by atoms with Crippen LogP contribution in [0.25, 0.3) is 0 Å². The van der Waals surface area contributed by atoms with Crippen LogP contribution in [0.15, 0.2) is 0 Å². The first-order valence-corrected chi connectivity index (χ1v) is 32.5. The Hall–Kier alpha value is 0. The molecule has 0 spiro atoms. The van der Waals surface area contributed by atoms with Gasteiger partial charge >= 0.3 is 0 Å². The predicted molar refractivity (Wildman–Crippen MR) is 284 cm³/mol. The molecule has 20 fully saturated rings. The quantitative estimate of drug-likeness (QED) is 0.227. The first kappa shape index (κ1) is 49.6. The van der Waals surface area contributed by atoms with E-state index < -0.39 is 0 Å². The van der Waals surface area contributed by atoms with Gasteiger partial charge in [-0.15, -0.1) is 0 Å². The van der Waals surface area contributed by atoms with Gasteiger partial charge in [-0.3, -0.25) is 0 Å². The summed E-state index contributed by atoms with van der Waals surface area (Å²) in [6.45, 7) is 0. The van der Waals surface area contributed by atoms with E-state index in [-0.39, 0.29) is 0 Å². The molecule has 0 heterocycles. The molecule has 4 unspecified atom stereocenters. The van der Waals surface area contributed by atoms with Crippen LogP contribution in [0, 0.1) is 107 Å². The molecule has 20 rings (SSSR count). The van der Waals surface area contributed by atoms with Gasteiger partial charge in [0.1, 0.15) is 0 Å². The van der Waals surface area contributed by atoms with E-state index in [1.165, 1.54) is 85.9 Å². The predicted octanol–water partition coefficient (Wildman–Crippen LogP) is 20.9. The van der Waals surface area contributed by atoms with E-state index in [4.69, 9.17) is 0 Å². The number of hydrogen-bond donors (Lipinski definition) is 0. The number of fused-ring (bicyclic) bond motifs is 15. The lowest BCUT2D eigenvalue weighted by atomic mass is 9.56. The van der Waals surface area contributed by atoms with Crippen LogP contribution < -0.4 is 0 Å². The Labute approximate surface area is 412 Å². The molecule has 0 nitrogen and oxygen atoms in total. The largest absolute Gasteiger partial charge is 0.0528 e. The third kappa shape index (κ3) is 15.3. The molecule has 20 aliphatic carbocycles. The molecule has 4 atom stereocenters. The first-order valence-electron chi connectivity index (χ1n) is 32.5. The average molecular weight is 908 g/mol. The molecule has 0 aromatic heterocycles. The summed E-state index contributed by atoms with van der Waals surface area (Å²) in [5.41, 5.74) is 0. The summed E-state index contributed by atoms with van der Waals surface area (Å²) in [5.74, 6) is 20.9. The van der Waals surface area contributed by atoms with Crippen molar-refractivity contribution < 1.29 is 0 Å². The van der Waals surface area contributed by atoms with Crippen LogP contribution in [-0.4, -0.2) is 0 Å². The van der Waals surface area contributed by atoms with Crippen molar-refractivity contribution in [2.24, 2.45) is 107 Å². The topological polar surface area (TPSA) is 0 Å². The summed E-state index contributed by atoms with van der Waals surface area (Å²) in [6.07, 6.45) is 75.1. The second-order valence-electron chi connectivity index (χ2n) is 29.2. The van der Waals surface area contributed by atoms with Gasteiger partial charge in [-0.2, -0.15) is 0 Å². The molecule has 0 aromatic carbocycles. The Balaban J connectivity index is 0.0000000889. The van der Waals surface area contributed by atoms with E-state index in [2.05, 4.69) is 0 Å². The Kier molecular flexibility index (Phi) is 19.2. The van der Waals surface area contributed by atoms with Gasteiger partial charge in [0, 0.05) is 0 Å². The molecule has 0 radical (unpaired) electrons. The van der Waals surface area contributed by atoms with E-state index in [9.17, 15) is 0 Å². The summed E-state index contributed by atoms with van der Waals surface area (Å²) in [6, 6.07) is 0. The summed E-state index contributed by atoms with van der Waals surface area (Å²) < 4.78 is 0. The van der Waals surface area contributed by atoms with E-state index in [1.807, 2.05) is 0 Å². The Morgan fingerprint density at radius 3 is 0.394 bits per heavy atom. The van der Waals surface area contributed by atoms with Crippen LogP contribution in [0.4, 0.5) is 0 Å². The van der Waals surface area contributed by atoms with E-state index >= 15 is 0 Å². The summed E-state index contributed by atoms with van der Waals surface area (Å²) in [7, 11) is 0. The molecular formula is C66H114. The van der Waals surface area contributed by atoms with Crippen LogP contribution in [0.5, 0.6) is 0 Å². The molecule has 0 aromatic rings. The molecule has 0 amide bonds. The smallest absolute Gasteiger partial charge is 0.0406 e. The number of rotatable bonds is 0. The lowest BCUT2D eigenvalue weighted by molar-refractivity contribution is 0.0198. The maximum atomic E-state index is 1.60. The fourth-order valence-corrected chi connectivity index (χ4v) is 20.4. The Morgan fingerprint density at radius 1 is 0.0909 bits per heavy atom. The van der Waals surface area contributed by atoms with Crippen molar-refractivity contribution >= 4 is 0 Å². The van der Waals surface area contributed by atoms with Crippen LogP contribution in [0.2, 0.25) is 0 Å². The number of hydrogen-bond acceptors (Lipinski definition) is 0. The molecule has 66 heavy (non-hydrogen) atoms. The third-order valence-corrected chi connectivity index (χ3v) is 24.2. The van der Waals surface area contributed by atoms with Gasteiger partial charge < -0.3 is 0 Å². The lowest BCUT2D eigenvalue weighted by Crippen LogP contribution is -2.38. The highest BCUT2D eigenvalue weighted by atomic mass is 14.5. The van der Waals surface area contributed by atoms with Crippen molar-refractivity contribution in [3.05, 3.63) is 0 Å². The third-order valence-electron chi connectivity index (χ3n) is 24.2. The zero-order chi connectivity index (χ0) is 44.3. The highest BCUT2D eigenvalue weighted by Gasteiger charge is 2.42. The van der Waals surface area contributed by atoms with Crippen LogP contribution in [-0.2, 0) is 0 Å².